The highest BCUT2D eigenvalue weighted by Gasteiger charge is 2.04. The summed E-state index contributed by atoms with van der Waals surface area (Å²) in [5.41, 5.74) is 5.58. The molecule has 0 spiro atoms. The molecule has 2 rings (SSSR count). The Bertz CT molecular complexity index is 783. The van der Waals surface area contributed by atoms with Crippen LogP contribution in [0.4, 0.5) is 0 Å². The molecule has 0 saturated carbocycles. The van der Waals surface area contributed by atoms with Gasteiger partial charge in [0.2, 0.25) is 0 Å². The normalized spacial score (nSPS) is 10.9. The van der Waals surface area contributed by atoms with Crippen LogP contribution in [0.2, 0.25) is 0 Å². The molecule has 2 amide bonds. The summed E-state index contributed by atoms with van der Waals surface area (Å²) in [5.74, 6) is -0.925. The molecule has 2 aromatic rings. The van der Waals surface area contributed by atoms with Crippen molar-refractivity contribution in [3.05, 3.63) is 71.3 Å². The monoisotopic (exact) mass is 325 g/mol. The molecule has 7 heteroatoms. The number of nitrogens with one attached hydrogen (secondary N) is 2. The molecule has 0 heterocycles. The van der Waals surface area contributed by atoms with Crippen LogP contribution in [0, 0.1) is 0 Å². The van der Waals surface area contributed by atoms with Gasteiger partial charge in [0, 0.05) is 11.6 Å². The van der Waals surface area contributed by atoms with Crippen molar-refractivity contribution in [2.75, 3.05) is 0 Å². The van der Waals surface area contributed by atoms with Crippen molar-refractivity contribution < 1.29 is 19.9 Å². The van der Waals surface area contributed by atoms with E-state index in [0.717, 1.165) is 11.6 Å². The first-order valence-electron chi connectivity index (χ1n) is 6.93. The lowest BCUT2D eigenvalue weighted by Crippen LogP contribution is -2.17. The van der Waals surface area contributed by atoms with E-state index >= 15 is 0 Å². The Kier molecular flexibility index (Phi) is 5.82. The number of hydroxylamine groups is 1. The Morgan fingerprint density at radius 1 is 1.04 bits per heavy atom. The maximum absolute atomic E-state index is 12.0. The summed E-state index contributed by atoms with van der Waals surface area (Å²) in [6.45, 7) is 0. The average Bonchev–Trinajstić information content (AvgIpc) is 2.61. The van der Waals surface area contributed by atoms with E-state index in [9.17, 15) is 14.7 Å². The number of hydrogen-bond donors (Lipinski definition) is 4. The van der Waals surface area contributed by atoms with Crippen molar-refractivity contribution >= 4 is 24.1 Å². The molecule has 122 valence electrons. The summed E-state index contributed by atoms with van der Waals surface area (Å²) in [7, 11) is 0. The third-order valence-corrected chi connectivity index (χ3v) is 2.96. The van der Waals surface area contributed by atoms with Crippen LogP contribution in [0.1, 0.15) is 21.5 Å². The number of phenolic OH excluding ortho intramolecular Hbond substituents is 1. The Balaban J connectivity index is 2.00. The van der Waals surface area contributed by atoms with E-state index < -0.39 is 11.8 Å². The average molecular weight is 325 g/mol. The van der Waals surface area contributed by atoms with Crippen molar-refractivity contribution in [1.29, 1.82) is 0 Å². The highest BCUT2D eigenvalue weighted by Crippen LogP contribution is 2.08. The summed E-state index contributed by atoms with van der Waals surface area (Å²) in [4.78, 5) is 23.0. The highest BCUT2D eigenvalue weighted by molar-refractivity contribution is 5.96. The molecular formula is C17H15N3O4. The van der Waals surface area contributed by atoms with Crippen molar-refractivity contribution in [2.24, 2.45) is 5.10 Å². The first-order chi connectivity index (χ1) is 11.6. The minimum Gasteiger partial charge on any atom is -0.508 e. The van der Waals surface area contributed by atoms with Crippen molar-refractivity contribution in [1.82, 2.24) is 10.9 Å². The number of hydrogen-bond acceptors (Lipinski definition) is 5. The molecule has 0 aromatic heterocycles. The molecule has 24 heavy (non-hydrogen) atoms. The lowest BCUT2D eigenvalue weighted by atomic mass is 10.1. The van der Waals surface area contributed by atoms with Crippen LogP contribution in [-0.4, -0.2) is 28.3 Å². The second kappa shape index (κ2) is 8.25. The molecule has 0 bridgehead atoms. The molecule has 0 atom stereocenters. The molecule has 0 saturated heterocycles. The number of hydrazone groups is 1. The van der Waals surface area contributed by atoms with E-state index in [4.69, 9.17) is 5.21 Å². The van der Waals surface area contributed by atoms with Crippen molar-refractivity contribution in [3.8, 4) is 5.75 Å². The number of benzene rings is 2. The van der Waals surface area contributed by atoms with E-state index in [1.54, 1.807) is 36.4 Å². The van der Waals surface area contributed by atoms with Gasteiger partial charge in [-0.05, 0) is 53.6 Å². The topological polar surface area (TPSA) is 111 Å². The number of amides is 2. The fraction of sp³-hybridized carbons (Fsp3) is 0. The maximum Gasteiger partial charge on any atom is 0.271 e. The number of aromatic hydroxyl groups is 1. The summed E-state index contributed by atoms with van der Waals surface area (Å²) in [5, 5.41) is 21.4. The first kappa shape index (κ1) is 16.9. The van der Waals surface area contributed by atoms with Gasteiger partial charge in [-0.1, -0.05) is 12.1 Å². The number of phenols is 1. The third-order valence-electron chi connectivity index (χ3n) is 2.96. The summed E-state index contributed by atoms with van der Waals surface area (Å²) < 4.78 is 0. The lowest BCUT2D eigenvalue weighted by Gasteiger charge is -2.01. The lowest BCUT2D eigenvalue weighted by molar-refractivity contribution is -0.124. The van der Waals surface area contributed by atoms with Crippen molar-refractivity contribution in [3.63, 3.8) is 0 Å². The molecule has 0 aliphatic heterocycles. The van der Waals surface area contributed by atoms with Gasteiger partial charge in [0.15, 0.2) is 0 Å². The van der Waals surface area contributed by atoms with Gasteiger partial charge in [-0.3, -0.25) is 14.8 Å². The fourth-order valence-electron chi connectivity index (χ4n) is 1.78. The van der Waals surface area contributed by atoms with Crippen LogP contribution in [0.3, 0.4) is 0 Å². The van der Waals surface area contributed by atoms with Gasteiger partial charge in [0.05, 0.1) is 6.21 Å². The Morgan fingerprint density at radius 2 is 1.79 bits per heavy atom. The second-order valence-corrected chi connectivity index (χ2v) is 4.73. The van der Waals surface area contributed by atoms with Crippen LogP contribution < -0.4 is 10.9 Å². The molecule has 2 aromatic carbocycles. The zero-order valence-electron chi connectivity index (χ0n) is 12.5. The van der Waals surface area contributed by atoms with E-state index in [1.807, 2.05) is 0 Å². The van der Waals surface area contributed by atoms with E-state index in [0.29, 0.717) is 11.1 Å². The number of carbonyl (C=O) groups excluding carboxylic acids is 2. The SMILES string of the molecule is O=C(C=Cc1cccc(C(=O)NN=Cc2ccc(O)cc2)c1)NO. The molecule has 7 nitrogen and oxygen atoms in total. The second-order valence-electron chi connectivity index (χ2n) is 4.73. The van der Waals surface area contributed by atoms with Crippen LogP contribution >= 0.6 is 0 Å². The van der Waals surface area contributed by atoms with E-state index in [1.165, 1.54) is 29.9 Å². The predicted octanol–water partition coefficient (Wildman–Crippen LogP) is 1.67. The fourth-order valence-corrected chi connectivity index (χ4v) is 1.78. The third kappa shape index (κ3) is 5.08. The smallest absolute Gasteiger partial charge is 0.271 e. The molecule has 0 aliphatic rings. The van der Waals surface area contributed by atoms with Gasteiger partial charge in [0.25, 0.3) is 11.8 Å². The molecule has 0 aliphatic carbocycles. The van der Waals surface area contributed by atoms with Crippen LogP contribution in [0.25, 0.3) is 6.08 Å². The zero-order valence-corrected chi connectivity index (χ0v) is 12.5. The molecule has 0 unspecified atom stereocenters. The number of carbonyl (C=O) groups is 2. The maximum atomic E-state index is 12.0. The minimum absolute atomic E-state index is 0.149. The largest absolute Gasteiger partial charge is 0.508 e. The first-order valence-corrected chi connectivity index (χ1v) is 6.93. The van der Waals surface area contributed by atoms with Gasteiger partial charge in [-0.25, -0.2) is 10.9 Å². The Labute approximate surface area is 137 Å². The van der Waals surface area contributed by atoms with Crippen LogP contribution in [-0.2, 0) is 4.79 Å². The van der Waals surface area contributed by atoms with Gasteiger partial charge in [-0.15, -0.1) is 0 Å². The van der Waals surface area contributed by atoms with Gasteiger partial charge < -0.3 is 5.11 Å². The van der Waals surface area contributed by atoms with Crippen LogP contribution in [0.5, 0.6) is 5.75 Å². The molecule has 4 N–H and O–H groups in total. The van der Waals surface area contributed by atoms with E-state index in [-0.39, 0.29) is 5.75 Å². The summed E-state index contributed by atoms with van der Waals surface area (Å²) >= 11 is 0. The number of rotatable bonds is 5. The summed E-state index contributed by atoms with van der Waals surface area (Å²) in [6.07, 6.45) is 4.05. The quantitative estimate of drug-likeness (QED) is 0.290. The standard InChI is InChI=1S/C17H15N3O4/c21-15-7-4-13(5-8-15)11-18-19-17(23)14-3-1-2-12(10-14)6-9-16(22)20-24/h1-11,21,24H,(H,19,23)(H,20,22). The summed E-state index contributed by atoms with van der Waals surface area (Å²) in [6, 6.07) is 12.9. The van der Waals surface area contributed by atoms with Gasteiger partial charge in [-0.2, -0.15) is 5.10 Å². The van der Waals surface area contributed by atoms with Gasteiger partial charge in [0.1, 0.15) is 5.75 Å². The van der Waals surface area contributed by atoms with Gasteiger partial charge >= 0.3 is 0 Å². The minimum atomic E-state index is -0.664. The Morgan fingerprint density at radius 3 is 2.50 bits per heavy atom. The predicted molar refractivity (Wildman–Crippen MR) is 88.6 cm³/mol. The Hall–Kier alpha value is -3.45. The molecular weight excluding hydrogens is 310 g/mol. The van der Waals surface area contributed by atoms with Crippen LogP contribution in [0.15, 0.2) is 59.7 Å². The van der Waals surface area contributed by atoms with E-state index in [2.05, 4.69) is 10.5 Å². The van der Waals surface area contributed by atoms with Crippen molar-refractivity contribution in [2.45, 2.75) is 0 Å². The number of nitrogens with zero attached hydrogens (tertiary/aromatic N) is 1. The highest BCUT2D eigenvalue weighted by atomic mass is 16.5. The molecule has 0 fully saturated rings. The zero-order chi connectivity index (χ0) is 17.4. The molecule has 0 radical (unpaired) electrons.